The predicted octanol–water partition coefficient (Wildman–Crippen LogP) is 3.62. The van der Waals surface area contributed by atoms with Gasteiger partial charge in [-0.15, -0.1) is 0 Å². The van der Waals surface area contributed by atoms with Gasteiger partial charge in [0.2, 0.25) is 0 Å². The molecule has 4 nitrogen and oxygen atoms in total. The SMILES string of the molecule is CCC[C@@]1(O)C[C@@H](c2ccc(OC)cc2)[NH2+][C@H](c2ccc(OC)cc2)[C@@H]1C. The highest BCUT2D eigenvalue weighted by Crippen LogP contribution is 2.41. The van der Waals surface area contributed by atoms with Crippen LogP contribution in [0.2, 0.25) is 0 Å². The smallest absolute Gasteiger partial charge is 0.118 e. The molecule has 1 fully saturated rings. The van der Waals surface area contributed by atoms with Gasteiger partial charge >= 0.3 is 0 Å². The topological polar surface area (TPSA) is 55.3 Å². The van der Waals surface area contributed by atoms with Crippen LogP contribution >= 0.6 is 0 Å². The van der Waals surface area contributed by atoms with Crippen LogP contribution in [-0.4, -0.2) is 24.9 Å². The average Bonchev–Trinajstić information content (AvgIpc) is 2.70. The maximum atomic E-state index is 11.5. The van der Waals surface area contributed by atoms with Crippen molar-refractivity contribution in [3.63, 3.8) is 0 Å². The van der Waals surface area contributed by atoms with E-state index in [1.165, 1.54) is 11.1 Å². The molecular formula is C23H32NO3+. The van der Waals surface area contributed by atoms with Gasteiger partial charge in [0.1, 0.15) is 23.6 Å². The van der Waals surface area contributed by atoms with E-state index in [9.17, 15) is 5.11 Å². The number of rotatable bonds is 6. The Morgan fingerprint density at radius 1 is 0.963 bits per heavy atom. The second-order valence-corrected chi connectivity index (χ2v) is 7.72. The van der Waals surface area contributed by atoms with Crippen LogP contribution in [0.5, 0.6) is 11.5 Å². The monoisotopic (exact) mass is 370 g/mol. The van der Waals surface area contributed by atoms with Crippen LogP contribution in [-0.2, 0) is 0 Å². The molecule has 0 aliphatic carbocycles. The van der Waals surface area contributed by atoms with Crippen molar-refractivity contribution in [1.29, 1.82) is 0 Å². The van der Waals surface area contributed by atoms with Crippen LogP contribution in [0.25, 0.3) is 0 Å². The molecule has 3 rings (SSSR count). The second kappa shape index (κ2) is 8.32. The highest BCUT2D eigenvalue weighted by molar-refractivity contribution is 5.31. The first-order valence-corrected chi connectivity index (χ1v) is 9.86. The lowest BCUT2D eigenvalue weighted by Crippen LogP contribution is -2.91. The van der Waals surface area contributed by atoms with Crippen molar-refractivity contribution in [3.05, 3.63) is 59.7 Å². The Labute approximate surface area is 162 Å². The Balaban J connectivity index is 1.93. The fraction of sp³-hybridized carbons (Fsp3) is 0.478. The molecule has 4 heteroatoms. The average molecular weight is 371 g/mol. The molecule has 0 spiro atoms. The van der Waals surface area contributed by atoms with Crippen LogP contribution in [0.15, 0.2) is 48.5 Å². The van der Waals surface area contributed by atoms with E-state index in [0.29, 0.717) is 0 Å². The number of piperidine rings is 1. The summed E-state index contributed by atoms with van der Waals surface area (Å²) in [5.41, 5.74) is 1.80. The number of benzene rings is 2. The van der Waals surface area contributed by atoms with Crippen LogP contribution in [0, 0.1) is 5.92 Å². The summed E-state index contributed by atoms with van der Waals surface area (Å²) in [7, 11) is 3.37. The minimum atomic E-state index is -0.668. The molecule has 4 atom stereocenters. The van der Waals surface area contributed by atoms with Gasteiger partial charge in [0.25, 0.3) is 0 Å². The van der Waals surface area contributed by atoms with Gasteiger partial charge in [0.15, 0.2) is 0 Å². The maximum Gasteiger partial charge on any atom is 0.118 e. The summed E-state index contributed by atoms with van der Waals surface area (Å²) in [6.45, 7) is 4.33. The van der Waals surface area contributed by atoms with Crippen molar-refractivity contribution in [2.24, 2.45) is 5.92 Å². The second-order valence-electron chi connectivity index (χ2n) is 7.72. The standard InChI is InChI=1S/C23H31NO3/c1-5-14-23(25)15-21(17-6-10-19(26-3)11-7-17)24-22(16(23)2)18-8-12-20(27-4)13-9-18/h6-13,16,21-22,24-25H,5,14-15H2,1-4H3/p+1/t16-,21-,22-,23+/m0/s1. The summed E-state index contributed by atoms with van der Waals surface area (Å²) in [5.74, 6) is 1.89. The number of hydrogen-bond acceptors (Lipinski definition) is 3. The molecule has 0 bridgehead atoms. The van der Waals surface area contributed by atoms with E-state index in [2.05, 4.69) is 43.4 Å². The number of methoxy groups -OCH3 is 2. The summed E-state index contributed by atoms with van der Waals surface area (Å²) in [6.07, 6.45) is 2.56. The lowest BCUT2D eigenvalue weighted by molar-refractivity contribution is -0.756. The summed E-state index contributed by atoms with van der Waals surface area (Å²) < 4.78 is 10.6. The molecule has 1 saturated heterocycles. The predicted molar refractivity (Wildman–Crippen MR) is 107 cm³/mol. The maximum absolute atomic E-state index is 11.5. The Hall–Kier alpha value is -2.04. The van der Waals surface area contributed by atoms with Crippen molar-refractivity contribution in [3.8, 4) is 11.5 Å². The molecule has 0 radical (unpaired) electrons. The fourth-order valence-electron chi connectivity index (χ4n) is 4.45. The number of aliphatic hydroxyl groups is 1. The van der Waals surface area contributed by atoms with Gasteiger partial charge in [0.05, 0.1) is 19.8 Å². The zero-order valence-corrected chi connectivity index (χ0v) is 16.8. The molecule has 2 aromatic rings. The van der Waals surface area contributed by atoms with Gasteiger partial charge in [0, 0.05) is 23.5 Å². The van der Waals surface area contributed by atoms with Gasteiger partial charge in [-0.05, 0) is 55.0 Å². The number of nitrogens with two attached hydrogens (primary N) is 1. The fourth-order valence-corrected chi connectivity index (χ4v) is 4.45. The molecule has 1 aliphatic heterocycles. The third kappa shape index (κ3) is 4.12. The van der Waals surface area contributed by atoms with E-state index < -0.39 is 5.60 Å². The molecule has 1 aliphatic rings. The summed E-state index contributed by atoms with van der Waals surface area (Å²) in [6, 6.07) is 16.9. The summed E-state index contributed by atoms with van der Waals surface area (Å²) >= 11 is 0. The first-order chi connectivity index (χ1) is 13.0. The van der Waals surface area contributed by atoms with E-state index in [-0.39, 0.29) is 18.0 Å². The Morgan fingerprint density at radius 3 is 1.96 bits per heavy atom. The van der Waals surface area contributed by atoms with E-state index in [1.807, 2.05) is 24.3 Å². The summed E-state index contributed by atoms with van der Waals surface area (Å²) in [5, 5.41) is 14.0. The molecule has 146 valence electrons. The van der Waals surface area contributed by atoms with E-state index in [1.54, 1.807) is 14.2 Å². The van der Waals surface area contributed by atoms with Crippen molar-refractivity contribution in [2.75, 3.05) is 14.2 Å². The van der Waals surface area contributed by atoms with Crippen LogP contribution in [0.4, 0.5) is 0 Å². The molecule has 2 aromatic carbocycles. The molecule has 27 heavy (non-hydrogen) atoms. The summed E-state index contributed by atoms with van der Waals surface area (Å²) in [4.78, 5) is 0. The lowest BCUT2D eigenvalue weighted by atomic mass is 9.70. The molecule has 3 N–H and O–H groups in total. The quantitative estimate of drug-likeness (QED) is 0.817. The number of ether oxygens (including phenoxy) is 2. The Morgan fingerprint density at radius 2 is 1.48 bits per heavy atom. The van der Waals surface area contributed by atoms with Crippen molar-refractivity contribution < 1.29 is 19.9 Å². The van der Waals surface area contributed by atoms with Crippen molar-refractivity contribution >= 4 is 0 Å². The number of hydrogen-bond donors (Lipinski definition) is 2. The first-order valence-electron chi connectivity index (χ1n) is 9.86. The Kier molecular flexibility index (Phi) is 6.08. The minimum absolute atomic E-state index is 0.167. The molecule has 0 aromatic heterocycles. The third-order valence-corrected chi connectivity index (χ3v) is 6.13. The molecule has 1 heterocycles. The molecule has 0 amide bonds. The lowest BCUT2D eigenvalue weighted by Gasteiger charge is -2.45. The van der Waals surface area contributed by atoms with Gasteiger partial charge < -0.3 is 19.9 Å². The highest BCUT2D eigenvalue weighted by Gasteiger charge is 2.48. The van der Waals surface area contributed by atoms with E-state index >= 15 is 0 Å². The van der Waals surface area contributed by atoms with Gasteiger partial charge in [-0.1, -0.05) is 20.3 Å². The third-order valence-electron chi connectivity index (χ3n) is 6.13. The largest absolute Gasteiger partial charge is 0.497 e. The molecule has 0 saturated carbocycles. The van der Waals surface area contributed by atoms with Gasteiger partial charge in [-0.2, -0.15) is 0 Å². The molecular weight excluding hydrogens is 338 g/mol. The highest BCUT2D eigenvalue weighted by atomic mass is 16.5. The van der Waals surface area contributed by atoms with E-state index in [0.717, 1.165) is 30.8 Å². The van der Waals surface area contributed by atoms with Crippen LogP contribution in [0.3, 0.4) is 0 Å². The zero-order valence-electron chi connectivity index (χ0n) is 16.8. The Bertz CT molecular complexity index is 728. The normalized spacial score (nSPS) is 28.0. The first kappa shape index (κ1) is 19.7. The minimum Gasteiger partial charge on any atom is -0.497 e. The van der Waals surface area contributed by atoms with Crippen molar-refractivity contribution in [1.82, 2.24) is 0 Å². The van der Waals surface area contributed by atoms with Crippen LogP contribution in [0.1, 0.15) is 56.3 Å². The van der Waals surface area contributed by atoms with E-state index in [4.69, 9.17) is 9.47 Å². The zero-order chi connectivity index (χ0) is 19.4. The molecule has 0 unspecified atom stereocenters. The number of quaternary nitrogens is 1. The van der Waals surface area contributed by atoms with Gasteiger partial charge in [-0.25, -0.2) is 0 Å². The van der Waals surface area contributed by atoms with Gasteiger partial charge in [-0.3, -0.25) is 0 Å². The van der Waals surface area contributed by atoms with Crippen LogP contribution < -0.4 is 14.8 Å². The van der Waals surface area contributed by atoms with Crippen molar-refractivity contribution in [2.45, 2.75) is 50.8 Å².